The highest BCUT2D eigenvalue weighted by Gasteiger charge is 2.24. The van der Waals surface area contributed by atoms with Crippen LogP contribution in [0, 0.1) is 0 Å². The molecule has 2 amide bonds. The predicted molar refractivity (Wildman–Crippen MR) is 96.7 cm³/mol. The van der Waals surface area contributed by atoms with E-state index >= 15 is 0 Å². The zero-order valence-electron chi connectivity index (χ0n) is 14.0. The summed E-state index contributed by atoms with van der Waals surface area (Å²) in [6.45, 7) is 6.90. The summed E-state index contributed by atoms with van der Waals surface area (Å²) in [5.74, 6) is -0.0646. The summed E-state index contributed by atoms with van der Waals surface area (Å²) < 4.78 is 0. The average Bonchev–Trinajstić information content (AvgIpc) is 2.54. The smallest absolute Gasteiger partial charge is 0.255 e. The lowest BCUT2D eigenvalue weighted by Gasteiger charge is -2.34. The maximum absolute atomic E-state index is 12.5. The molecule has 1 saturated heterocycles. The van der Waals surface area contributed by atoms with E-state index in [1.54, 1.807) is 23.1 Å². The van der Waals surface area contributed by atoms with Gasteiger partial charge in [0.15, 0.2) is 0 Å². The minimum atomic E-state index is -0.0969. The molecule has 0 bridgehead atoms. The molecule has 0 radical (unpaired) electrons. The molecule has 7 heteroatoms. The van der Waals surface area contributed by atoms with E-state index in [1.807, 2.05) is 13.8 Å². The number of rotatable bonds is 5. The molecule has 0 spiro atoms. The normalized spacial score (nSPS) is 16.8. The van der Waals surface area contributed by atoms with E-state index in [-0.39, 0.29) is 17.9 Å². The van der Waals surface area contributed by atoms with Gasteiger partial charge in [-0.05, 0) is 31.5 Å². The molecule has 24 heavy (non-hydrogen) atoms. The number of carbonyl (C=O) groups is 2. The van der Waals surface area contributed by atoms with Crippen molar-refractivity contribution in [3.05, 3.63) is 33.8 Å². The molecular formula is C17H23Cl2N3O2. The highest BCUT2D eigenvalue weighted by atomic mass is 35.5. The van der Waals surface area contributed by atoms with E-state index in [4.69, 9.17) is 23.2 Å². The van der Waals surface area contributed by atoms with Crippen molar-refractivity contribution in [2.75, 3.05) is 32.7 Å². The summed E-state index contributed by atoms with van der Waals surface area (Å²) in [4.78, 5) is 28.3. The van der Waals surface area contributed by atoms with Gasteiger partial charge in [-0.2, -0.15) is 0 Å². The minimum Gasteiger partial charge on any atom is -0.353 e. The van der Waals surface area contributed by atoms with Crippen molar-refractivity contribution in [1.82, 2.24) is 15.1 Å². The van der Waals surface area contributed by atoms with E-state index in [0.29, 0.717) is 48.3 Å². The van der Waals surface area contributed by atoms with E-state index < -0.39 is 0 Å². The Bertz CT molecular complexity index is 601. The number of nitrogens with one attached hydrogen (secondary N) is 1. The second kappa shape index (κ2) is 8.70. The fourth-order valence-electron chi connectivity index (χ4n) is 2.57. The predicted octanol–water partition coefficient (Wildman–Crippen LogP) is 2.67. The Balaban J connectivity index is 1.86. The summed E-state index contributed by atoms with van der Waals surface area (Å²) >= 11 is 12.0. The molecule has 1 fully saturated rings. The van der Waals surface area contributed by atoms with Crippen LogP contribution in [0.2, 0.25) is 10.0 Å². The van der Waals surface area contributed by atoms with Crippen LogP contribution < -0.4 is 5.32 Å². The zero-order chi connectivity index (χ0) is 17.7. The topological polar surface area (TPSA) is 52.7 Å². The largest absolute Gasteiger partial charge is 0.353 e. The standard InChI is InChI=1S/C17H23Cl2N3O2/c1-3-12(2)20-16(23)11-21-6-8-22(9-7-21)17(24)14-5-4-13(18)10-15(14)19/h4-5,10,12H,3,6-9,11H2,1-2H3,(H,20,23). The molecular weight excluding hydrogens is 349 g/mol. The molecule has 1 unspecified atom stereocenters. The van der Waals surface area contributed by atoms with Gasteiger partial charge in [-0.1, -0.05) is 30.1 Å². The molecule has 1 N–H and O–H groups in total. The van der Waals surface area contributed by atoms with Gasteiger partial charge in [0.1, 0.15) is 0 Å². The zero-order valence-corrected chi connectivity index (χ0v) is 15.5. The fraction of sp³-hybridized carbons (Fsp3) is 0.529. The van der Waals surface area contributed by atoms with Crippen molar-refractivity contribution in [3.8, 4) is 0 Å². The Labute approximate surface area is 152 Å². The maximum Gasteiger partial charge on any atom is 0.255 e. The Kier molecular flexibility index (Phi) is 6.90. The fourth-order valence-corrected chi connectivity index (χ4v) is 3.06. The molecule has 2 rings (SSSR count). The van der Waals surface area contributed by atoms with Crippen LogP contribution in [0.3, 0.4) is 0 Å². The van der Waals surface area contributed by atoms with Crippen LogP contribution in [0.15, 0.2) is 18.2 Å². The van der Waals surface area contributed by atoms with Gasteiger partial charge in [-0.3, -0.25) is 14.5 Å². The van der Waals surface area contributed by atoms with E-state index in [2.05, 4.69) is 10.2 Å². The Hall–Kier alpha value is -1.30. The SMILES string of the molecule is CCC(C)NC(=O)CN1CCN(C(=O)c2ccc(Cl)cc2Cl)CC1. The van der Waals surface area contributed by atoms with Crippen LogP contribution in [0.1, 0.15) is 30.6 Å². The Morgan fingerprint density at radius 1 is 1.21 bits per heavy atom. The van der Waals surface area contributed by atoms with Gasteiger partial charge >= 0.3 is 0 Å². The van der Waals surface area contributed by atoms with Crippen molar-refractivity contribution >= 4 is 35.0 Å². The van der Waals surface area contributed by atoms with E-state index in [9.17, 15) is 9.59 Å². The van der Waals surface area contributed by atoms with E-state index in [0.717, 1.165) is 6.42 Å². The first-order valence-electron chi connectivity index (χ1n) is 8.16. The number of amides is 2. The summed E-state index contributed by atoms with van der Waals surface area (Å²) in [6.07, 6.45) is 0.913. The summed E-state index contributed by atoms with van der Waals surface area (Å²) in [5, 5.41) is 3.83. The van der Waals surface area contributed by atoms with Gasteiger partial charge in [0, 0.05) is 37.2 Å². The van der Waals surface area contributed by atoms with Crippen LogP contribution in [0.5, 0.6) is 0 Å². The lowest BCUT2D eigenvalue weighted by atomic mass is 10.1. The van der Waals surface area contributed by atoms with Crippen molar-refractivity contribution < 1.29 is 9.59 Å². The lowest BCUT2D eigenvalue weighted by Crippen LogP contribution is -2.51. The highest BCUT2D eigenvalue weighted by Crippen LogP contribution is 2.22. The van der Waals surface area contributed by atoms with Gasteiger partial charge in [-0.25, -0.2) is 0 Å². The quantitative estimate of drug-likeness (QED) is 0.865. The van der Waals surface area contributed by atoms with Gasteiger partial charge in [0.05, 0.1) is 17.1 Å². The summed E-state index contributed by atoms with van der Waals surface area (Å²) in [7, 11) is 0. The molecule has 0 aliphatic carbocycles. The Morgan fingerprint density at radius 3 is 2.46 bits per heavy atom. The number of carbonyl (C=O) groups excluding carboxylic acids is 2. The number of hydrogen-bond donors (Lipinski definition) is 1. The van der Waals surface area contributed by atoms with Crippen LogP contribution >= 0.6 is 23.2 Å². The molecule has 1 aromatic rings. The number of hydrogen-bond acceptors (Lipinski definition) is 3. The third-order valence-electron chi connectivity index (χ3n) is 4.21. The molecule has 0 saturated carbocycles. The highest BCUT2D eigenvalue weighted by molar-refractivity contribution is 6.36. The van der Waals surface area contributed by atoms with Crippen LogP contribution in [-0.4, -0.2) is 60.4 Å². The van der Waals surface area contributed by atoms with Gasteiger partial charge in [0.2, 0.25) is 5.91 Å². The summed E-state index contributed by atoms with van der Waals surface area (Å²) in [6, 6.07) is 5.08. The average molecular weight is 372 g/mol. The number of halogens is 2. The van der Waals surface area contributed by atoms with Gasteiger partial charge in [0.25, 0.3) is 5.91 Å². The van der Waals surface area contributed by atoms with Crippen molar-refractivity contribution in [1.29, 1.82) is 0 Å². The molecule has 1 heterocycles. The summed E-state index contributed by atoms with van der Waals surface area (Å²) in [5.41, 5.74) is 0.462. The Morgan fingerprint density at radius 2 is 1.88 bits per heavy atom. The van der Waals surface area contributed by atoms with Gasteiger partial charge in [-0.15, -0.1) is 0 Å². The molecule has 1 atom stereocenters. The monoisotopic (exact) mass is 371 g/mol. The molecule has 1 aliphatic heterocycles. The molecule has 5 nitrogen and oxygen atoms in total. The van der Waals surface area contributed by atoms with Gasteiger partial charge < -0.3 is 10.2 Å². The van der Waals surface area contributed by atoms with Crippen LogP contribution in [0.25, 0.3) is 0 Å². The van der Waals surface area contributed by atoms with Crippen molar-refractivity contribution in [2.45, 2.75) is 26.3 Å². The number of benzene rings is 1. The number of nitrogens with zero attached hydrogens (tertiary/aromatic N) is 2. The van der Waals surface area contributed by atoms with Crippen molar-refractivity contribution in [3.63, 3.8) is 0 Å². The van der Waals surface area contributed by atoms with Crippen LogP contribution in [0.4, 0.5) is 0 Å². The first-order chi connectivity index (χ1) is 11.4. The molecule has 0 aromatic heterocycles. The van der Waals surface area contributed by atoms with Crippen LogP contribution in [-0.2, 0) is 4.79 Å². The third kappa shape index (κ3) is 5.10. The first kappa shape index (κ1) is 19.0. The molecule has 1 aromatic carbocycles. The van der Waals surface area contributed by atoms with Crippen molar-refractivity contribution in [2.24, 2.45) is 0 Å². The van der Waals surface area contributed by atoms with E-state index in [1.165, 1.54) is 0 Å². The second-order valence-electron chi connectivity index (χ2n) is 6.07. The first-order valence-corrected chi connectivity index (χ1v) is 8.92. The molecule has 132 valence electrons. The maximum atomic E-state index is 12.5. The number of piperazine rings is 1. The second-order valence-corrected chi connectivity index (χ2v) is 6.91. The molecule has 1 aliphatic rings. The third-order valence-corrected chi connectivity index (χ3v) is 4.76. The minimum absolute atomic E-state index is 0.0323. The lowest BCUT2D eigenvalue weighted by molar-refractivity contribution is -0.123.